The molecule has 1 aliphatic rings. The van der Waals surface area contributed by atoms with Gasteiger partial charge < -0.3 is 5.32 Å². The van der Waals surface area contributed by atoms with E-state index >= 15 is 0 Å². The third-order valence-electron chi connectivity index (χ3n) is 3.09. The molecular formula is C13H17NO. The van der Waals surface area contributed by atoms with Crippen molar-refractivity contribution in [1.82, 2.24) is 0 Å². The quantitative estimate of drug-likeness (QED) is 0.786. The highest BCUT2D eigenvalue weighted by Crippen LogP contribution is 2.38. The van der Waals surface area contributed by atoms with Gasteiger partial charge >= 0.3 is 0 Å². The van der Waals surface area contributed by atoms with Gasteiger partial charge in [0, 0.05) is 11.6 Å². The molecule has 1 N–H and O–H groups in total. The Morgan fingerprint density at radius 2 is 2.07 bits per heavy atom. The van der Waals surface area contributed by atoms with Crippen molar-refractivity contribution in [2.75, 3.05) is 5.32 Å². The molecule has 1 aliphatic carbocycles. The first-order chi connectivity index (χ1) is 7.08. The summed E-state index contributed by atoms with van der Waals surface area (Å²) in [6.45, 7) is 6.20. The third-order valence-corrected chi connectivity index (χ3v) is 3.09. The number of nitrogens with one attached hydrogen (secondary N) is 1. The number of aryl methyl sites for hydroxylation is 2. The van der Waals surface area contributed by atoms with Crippen LogP contribution >= 0.6 is 0 Å². The first-order valence-electron chi connectivity index (χ1n) is 5.46. The summed E-state index contributed by atoms with van der Waals surface area (Å²) in [6.07, 6.45) is 1.04. The number of hydrogen-bond acceptors (Lipinski definition) is 1. The van der Waals surface area contributed by atoms with Gasteiger partial charge in [-0.1, -0.05) is 24.6 Å². The maximum absolute atomic E-state index is 11.7. The fourth-order valence-corrected chi connectivity index (χ4v) is 1.87. The highest BCUT2D eigenvalue weighted by Gasteiger charge is 2.39. The van der Waals surface area contributed by atoms with E-state index < -0.39 is 0 Å². The molecular weight excluding hydrogens is 186 g/mol. The van der Waals surface area contributed by atoms with Gasteiger partial charge in [0.05, 0.1) is 0 Å². The minimum atomic E-state index is 0.175. The van der Waals surface area contributed by atoms with Crippen LogP contribution in [0.5, 0.6) is 0 Å². The molecule has 0 spiro atoms. The Morgan fingerprint density at radius 3 is 2.60 bits per heavy atom. The van der Waals surface area contributed by atoms with E-state index in [4.69, 9.17) is 0 Å². The average molecular weight is 203 g/mol. The molecule has 2 heteroatoms. The molecule has 0 aliphatic heterocycles. The Balaban J connectivity index is 2.07. The molecule has 2 atom stereocenters. The summed E-state index contributed by atoms with van der Waals surface area (Å²) in [5.74, 6) is 0.982. The van der Waals surface area contributed by atoms with Gasteiger partial charge in [0.25, 0.3) is 0 Å². The van der Waals surface area contributed by atoms with Gasteiger partial charge in [-0.05, 0) is 37.8 Å². The number of benzene rings is 1. The Bertz CT molecular complexity index is 398. The lowest BCUT2D eigenvalue weighted by atomic mass is 10.1. The maximum atomic E-state index is 11.7. The van der Waals surface area contributed by atoms with E-state index in [0.29, 0.717) is 5.92 Å². The van der Waals surface area contributed by atoms with Crippen LogP contribution in [0.4, 0.5) is 5.69 Å². The topological polar surface area (TPSA) is 29.1 Å². The molecule has 80 valence electrons. The van der Waals surface area contributed by atoms with Gasteiger partial charge in [0.1, 0.15) is 0 Å². The van der Waals surface area contributed by atoms with E-state index in [1.807, 2.05) is 19.1 Å². The summed E-state index contributed by atoms with van der Waals surface area (Å²) < 4.78 is 0. The van der Waals surface area contributed by atoms with E-state index in [-0.39, 0.29) is 11.8 Å². The molecule has 1 aromatic carbocycles. The molecule has 0 saturated heterocycles. The maximum Gasteiger partial charge on any atom is 0.227 e. The predicted octanol–water partition coefficient (Wildman–Crippen LogP) is 2.90. The van der Waals surface area contributed by atoms with Crippen LogP contribution in [0.15, 0.2) is 18.2 Å². The molecule has 0 bridgehead atoms. The second kappa shape index (κ2) is 3.69. The lowest BCUT2D eigenvalue weighted by Crippen LogP contribution is -2.15. The molecule has 15 heavy (non-hydrogen) atoms. The molecule has 1 saturated carbocycles. The highest BCUT2D eigenvalue weighted by molar-refractivity contribution is 5.95. The van der Waals surface area contributed by atoms with Gasteiger partial charge in [-0.25, -0.2) is 0 Å². The van der Waals surface area contributed by atoms with Gasteiger partial charge in [-0.3, -0.25) is 4.79 Å². The SMILES string of the molecule is Cc1ccc(NC(=O)[C@@H]2C[C@H]2C)c(C)c1. The van der Waals surface area contributed by atoms with Gasteiger partial charge in [-0.2, -0.15) is 0 Å². The zero-order valence-electron chi connectivity index (χ0n) is 9.50. The summed E-state index contributed by atoms with van der Waals surface area (Å²) in [7, 11) is 0. The van der Waals surface area contributed by atoms with Crippen molar-refractivity contribution in [2.24, 2.45) is 11.8 Å². The number of carbonyl (C=O) groups is 1. The van der Waals surface area contributed by atoms with Crippen molar-refractivity contribution in [3.8, 4) is 0 Å². The van der Waals surface area contributed by atoms with Crippen molar-refractivity contribution in [2.45, 2.75) is 27.2 Å². The normalized spacial score (nSPS) is 23.7. The minimum absolute atomic E-state index is 0.175. The summed E-state index contributed by atoms with van der Waals surface area (Å²) in [5.41, 5.74) is 3.31. The molecule has 0 aromatic heterocycles. The third kappa shape index (κ3) is 2.20. The van der Waals surface area contributed by atoms with Crippen molar-refractivity contribution < 1.29 is 4.79 Å². The minimum Gasteiger partial charge on any atom is -0.326 e. The monoisotopic (exact) mass is 203 g/mol. The van der Waals surface area contributed by atoms with E-state index in [2.05, 4.69) is 25.2 Å². The van der Waals surface area contributed by atoms with E-state index in [9.17, 15) is 4.79 Å². The van der Waals surface area contributed by atoms with Gasteiger partial charge in [-0.15, -0.1) is 0 Å². The lowest BCUT2D eigenvalue weighted by molar-refractivity contribution is -0.117. The van der Waals surface area contributed by atoms with Crippen molar-refractivity contribution in [3.63, 3.8) is 0 Å². The molecule has 0 unspecified atom stereocenters. The van der Waals surface area contributed by atoms with Crippen LogP contribution in [-0.4, -0.2) is 5.91 Å². The van der Waals surface area contributed by atoms with Crippen LogP contribution in [0.25, 0.3) is 0 Å². The van der Waals surface area contributed by atoms with Crippen molar-refractivity contribution >= 4 is 11.6 Å². The molecule has 1 fully saturated rings. The molecule has 2 nitrogen and oxygen atoms in total. The molecule has 1 amide bonds. The summed E-state index contributed by atoms with van der Waals surface area (Å²) >= 11 is 0. The van der Waals surface area contributed by atoms with Crippen LogP contribution in [0.2, 0.25) is 0 Å². The lowest BCUT2D eigenvalue weighted by Gasteiger charge is -2.08. The Hall–Kier alpha value is -1.31. The molecule has 0 heterocycles. The molecule has 1 aromatic rings. The van der Waals surface area contributed by atoms with E-state index in [0.717, 1.165) is 17.7 Å². The number of anilines is 1. The average Bonchev–Trinajstić information content (AvgIpc) is 2.88. The fraction of sp³-hybridized carbons (Fsp3) is 0.462. The van der Waals surface area contributed by atoms with Crippen LogP contribution in [0.3, 0.4) is 0 Å². The van der Waals surface area contributed by atoms with E-state index in [1.165, 1.54) is 5.56 Å². The highest BCUT2D eigenvalue weighted by atomic mass is 16.2. The largest absolute Gasteiger partial charge is 0.326 e. The van der Waals surface area contributed by atoms with Gasteiger partial charge in [0.15, 0.2) is 0 Å². The number of carbonyl (C=O) groups excluding carboxylic acids is 1. The molecule has 0 radical (unpaired) electrons. The molecule has 2 rings (SSSR count). The zero-order valence-corrected chi connectivity index (χ0v) is 9.50. The van der Waals surface area contributed by atoms with Crippen LogP contribution in [0, 0.1) is 25.7 Å². The van der Waals surface area contributed by atoms with Crippen LogP contribution in [-0.2, 0) is 4.79 Å². The number of rotatable bonds is 2. The zero-order chi connectivity index (χ0) is 11.0. The van der Waals surface area contributed by atoms with Gasteiger partial charge in [0.2, 0.25) is 5.91 Å². The second-order valence-corrected chi connectivity index (χ2v) is 4.63. The Labute approximate surface area is 90.7 Å². The Morgan fingerprint density at radius 1 is 1.40 bits per heavy atom. The number of amides is 1. The predicted molar refractivity (Wildman–Crippen MR) is 61.8 cm³/mol. The second-order valence-electron chi connectivity index (χ2n) is 4.63. The first-order valence-corrected chi connectivity index (χ1v) is 5.46. The number of hydrogen-bond donors (Lipinski definition) is 1. The fourth-order valence-electron chi connectivity index (χ4n) is 1.87. The summed E-state index contributed by atoms with van der Waals surface area (Å²) in [5, 5.41) is 2.99. The van der Waals surface area contributed by atoms with Crippen molar-refractivity contribution in [1.29, 1.82) is 0 Å². The first kappa shape index (κ1) is 10.2. The standard InChI is InChI=1S/C13H17NO/c1-8-4-5-12(10(3)6-8)14-13(15)11-7-9(11)2/h4-6,9,11H,7H2,1-3H3,(H,14,15)/t9-,11-/m1/s1. The van der Waals surface area contributed by atoms with E-state index in [1.54, 1.807) is 0 Å². The summed E-state index contributed by atoms with van der Waals surface area (Å²) in [6, 6.07) is 6.10. The van der Waals surface area contributed by atoms with Crippen LogP contribution in [0.1, 0.15) is 24.5 Å². The smallest absolute Gasteiger partial charge is 0.227 e. The Kier molecular flexibility index (Phi) is 2.51. The van der Waals surface area contributed by atoms with Crippen molar-refractivity contribution in [3.05, 3.63) is 29.3 Å². The summed E-state index contributed by atoms with van der Waals surface area (Å²) in [4.78, 5) is 11.7. The van der Waals surface area contributed by atoms with Crippen LogP contribution < -0.4 is 5.32 Å².